The van der Waals surface area contributed by atoms with E-state index in [9.17, 15) is 18.0 Å². The third-order valence-electron chi connectivity index (χ3n) is 3.37. The van der Waals surface area contributed by atoms with E-state index in [-0.39, 0.29) is 5.69 Å². The number of anilines is 1. The van der Waals surface area contributed by atoms with Crippen molar-refractivity contribution in [1.29, 1.82) is 0 Å². The topological polar surface area (TPSA) is 47.6 Å². The van der Waals surface area contributed by atoms with Crippen LogP contribution in [0.3, 0.4) is 0 Å². The molecule has 0 aliphatic rings. The summed E-state index contributed by atoms with van der Waals surface area (Å²) < 4.78 is 48.7. The fourth-order valence-electron chi connectivity index (χ4n) is 2.19. The average molecular weight is 365 g/mol. The summed E-state index contributed by atoms with van der Waals surface area (Å²) in [5, 5.41) is 2.40. The fourth-order valence-corrected chi connectivity index (χ4v) is 2.19. The van der Waals surface area contributed by atoms with E-state index in [1.807, 2.05) is 6.92 Å². The number of amides is 1. The number of hydrogen-bond acceptors (Lipinski definition) is 3. The molecule has 0 heterocycles. The molecule has 0 atom stereocenters. The van der Waals surface area contributed by atoms with Crippen molar-refractivity contribution in [2.24, 2.45) is 0 Å². The second-order valence-corrected chi connectivity index (χ2v) is 5.24. The van der Waals surface area contributed by atoms with Gasteiger partial charge in [0.2, 0.25) is 5.91 Å². The van der Waals surface area contributed by atoms with Crippen molar-refractivity contribution in [3.05, 3.63) is 59.7 Å². The molecule has 7 heteroatoms. The van der Waals surface area contributed by atoms with Crippen LogP contribution in [0.5, 0.6) is 11.5 Å². The first-order valence-electron chi connectivity index (χ1n) is 7.80. The SMILES string of the molecule is CCOc1ccc(C=CC(=O)Nc2cccc(C(F)(F)F)c2)cc1OC. The minimum absolute atomic E-state index is 0.0683. The Labute approximate surface area is 149 Å². The highest BCUT2D eigenvalue weighted by Gasteiger charge is 2.30. The van der Waals surface area contributed by atoms with E-state index < -0.39 is 17.6 Å². The van der Waals surface area contributed by atoms with Crippen molar-refractivity contribution in [1.82, 2.24) is 0 Å². The van der Waals surface area contributed by atoms with Crippen molar-refractivity contribution >= 4 is 17.7 Å². The molecule has 2 aromatic rings. The molecular weight excluding hydrogens is 347 g/mol. The Balaban J connectivity index is 2.08. The molecule has 0 aliphatic heterocycles. The predicted molar refractivity (Wildman–Crippen MR) is 93.3 cm³/mol. The maximum Gasteiger partial charge on any atom is 0.416 e. The zero-order valence-electron chi connectivity index (χ0n) is 14.3. The van der Waals surface area contributed by atoms with Gasteiger partial charge in [-0.05, 0) is 48.9 Å². The van der Waals surface area contributed by atoms with Crippen LogP contribution in [0.1, 0.15) is 18.1 Å². The number of benzene rings is 2. The molecule has 0 aliphatic carbocycles. The van der Waals surface area contributed by atoms with Crippen LogP contribution >= 0.6 is 0 Å². The first-order valence-corrected chi connectivity index (χ1v) is 7.80. The number of ether oxygens (including phenoxy) is 2. The van der Waals surface area contributed by atoms with Gasteiger partial charge in [0, 0.05) is 11.8 Å². The van der Waals surface area contributed by atoms with Gasteiger partial charge in [0.15, 0.2) is 11.5 Å². The third kappa shape index (κ3) is 5.27. The van der Waals surface area contributed by atoms with E-state index >= 15 is 0 Å². The molecule has 0 aromatic heterocycles. The molecule has 2 rings (SSSR count). The number of alkyl halides is 3. The van der Waals surface area contributed by atoms with Gasteiger partial charge in [-0.3, -0.25) is 4.79 Å². The second-order valence-electron chi connectivity index (χ2n) is 5.24. The summed E-state index contributed by atoms with van der Waals surface area (Å²) in [7, 11) is 1.51. The number of halogens is 3. The Bertz CT molecular complexity index is 801. The van der Waals surface area contributed by atoms with Crippen LogP contribution in [0.15, 0.2) is 48.5 Å². The van der Waals surface area contributed by atoms with Crippen LogP contribution in [0.4, 0.5) is 18.9 Å². The van der Waals surface area contributed by atoms with Crippen molar-refractivity contribution < 1.29 is 27.4 Å². The van der Waals surface area contributed by atoms with Gasteiger partial charge in [-0.15, -0.1) is 0 Å². The van der Waals surface area contributed by atoms with Gasteiger partial charge in [0.05, 0.1) is 19.3 Å². The lowest BCUT2D eigenvalue weighted by Gasteiger charge is -2.10. The maximum absolute atomic E-state index is 12.7. The first kappa shape index (κ1) is 19.4. The molecular formula is C19H18F3NO3. The van der Waals surface area contributed by atoms with E-state index in [0.29, 0.717) is 23.7 Å². The molecule has 1 amide bonds. The Hall–Kier alpha value is -2.96. The van der Waals surface area contributed by atoms with Gasteiger partial charge < -0.3 is 14.8 Å². The van der Waals surface area contributed by atoms with Gasteiger partial charge in [-0.1, -0.05) is 12.1 Å². The van der Waals surface area contributed by atoms with E-state index in [0.717, 1.165) is 12.1 Å². The van der Waals surface area contributed by atoms with Gasteiger partial charge in [0.1, 0.15) is 0 Å². The average Bonchev–Trinajstić information content (AvgIpc) is 2.60. The molecule has 0 fully saturated rings. The molecule has 2 aromatic carbocycles. The fraction of sp³-hybridized carbons (Fsp3) is 0.211. The van der Waals surface area contributed by atoms with Crippen molar-refractivity contribution in [2.45, 2.75) is 13.1 Å². The van der Waals surface area contributed by atoms with E-state index in [1.165, 1.54) is 31.4 Å². The second kappa shape index (κ2) is 8.42. The minimum Gasteiger partial charge on any atom is -0.493 e. The first-order chi connectivity index (χ1) is 12.3. The molecule has 138 valence electrons. The van der Waals surface area contributed by atoms with Crippen molar-refractivity contribution in [3.63, 3.8) is 0 Å². The molecule has 1 N–H and O–H groups in total. The number of nitrogens with one attached hydrogen (secondary N) is 1. The number of carbonyl (C=O) groups excluding carboxylic acids is 1. The summed E-state index contributed by atoms with van der Waals surface area (Å²) in [6.45, 7) is 2.34. The van der Waals surface area contributed by atoms with Crippen molar-refractivity contribution in [3.8, 4) is 11.5 Å². The highest BCUT2D eigenvalue weighted by atomic mass is 19.4. The number of methoxy groups -OCH3 is 1. The number of hydrogen-bond donors (Lipinski definition) is 1. The van der Waals surface area contributed by atoms with Crippen LogP contribution in [0, 0.1) is 0 Å². The molecule has 26 heavy (non-hydrogen) atoms. The van der Waals surface area contributed by atoms with Crippen LogP contribution in [-0.2, 0) is 11.0 Å². The predicted octanol–water partition coefficient (Wildman–Crippen LogP) is 4.76. The van der Waals surface area contributed by atoms with Gasteiger partial charge in [0.25, 0.3) is 0 Å². The lowest BCUT2D eigenvalue weighted by atomic mass is 10.1. The quantitative estimate of drug-likeness (QED) is 0.751. The van der Waals surface area contributed by atoms with Crippen molar-refractivity contribution in [2.75, 3.05) is 19.0 Å². The Morgan fingerprint density at radius 3 is 2.58 bits per heavy atom. The molecule has 0 radical (unpaired) electrons. The van der Waals surface area contributed by atoms with E-state index in [4.69, 9.17) is 9.47 Å². The zero-order chi connectivity index (χ0) is 19.2. The monoisotopic (exact) mass is 365 g/mol. The lowest BCUT2D eigenvalue weighted by Crippen LogP contribution is -2.10. The summed E-state index contributed by atoms with van der Waals surface area (Å²) in [6, 6.07) is 9.59. The summed E-state index contributed by atoms with van der Waals surface area (Å²) in [5.41, 5.74) is -0.0706. The summed E-state index contributed by atoms with van der Waals surface area (Å²) in [4.78, 5) is 11.9. The van der Waals surface area contributed by atoms with Crippen LogP contribution in [-0.4, -0.2) is 19.6 Å². The Morgan fingerprint density at radius 2 is 1.92 bits per heavy atom. The third-order valence-corrected chi connectivity index (χ3v) is 3.37. The molecule has 0 saturated carbocycles. The molecule has 0 spiro atoms. The molecule has 0 bridgehead atoms. The van der Waals surface area contributed by atoms with E-state index in [1.54, 1.807) is 18.2 Å². The van der Waals surface area contributed by atoms with E-state index in [2.05, 4.69) is 5.32 Å². The number of carbonyl (C=O) groups is 1. The zero-order valence-corrected chi connectivity index (χ0v) is 14.3. The standard InChI is InChI=1S/C19H18F3NO3/c1-3-26-16-9-7-13(11-17(16)25-2)8-10-18(24)23-15-6-4-5-14(12-15)19(20,21)22/h4-12H,3H2,1-2H3,(H,23,24). The Kier molecular flexibility index (Phi) is 6.27. The molecule has 4 nitrogen and oxygen atoms in total. The van der Waals surface area contributed by atoms with Crippen LogP contribution < -0.4 is 14.8 Å². The summed E-state index contributed by atoms with van der Waals surface area (Å²) >= 11 is 0. The highest BCUT2D eigenvalue weighted by molar-refractivity contribution is 6.02. The molecule has 0 unspecified atom stereocenters. The van der Waals surface area contributed by atoms with Gasteiger partial charge in [-0.2, -0.15) is 13.2 Å². The number of rotatable bonds is 6. The lowest BCUT2D eigenvalue weighted by molar-refractivity contribution is -0.137. The smallest absolute Gasteiger partial charge is 0.416 e. The molecule has 0 saturated heterocycles. The summed E-state index contributed by atoms with van der Waals surface area (Å²) in [5.74, 6) is 0.560. The normalized spacial score (nSPS) is 11.4. The van der Waals surface area contributed by atoms with Crippen LogP contribution in [0.25, 0.3) is 6.08 Å². The van der Waals surface area contributed by atoms with Gasteiger partial charge in [-0.25, -0.2) is 0 Å². The summed E-state index contributed by atoms with van der Waals surface area (Å²) in [6.07, 6.45) is -1.70. The largest absolute Gasteiger partial charge is 0.493 e. The van der Waals surface area contributed by atoms with Crippen LogP contribution in [0.2, 0.25) is 0 Å². The maximum atomic E-state index is 12.7. The highest BCUT2D eigenvalue weighted by Crippen LogP contribution is 2.31. The van der Waals surface area contributed by atoms with Gasteiger partial charge >= 0.3 is 6.18 Å². The minimum atomic E-state index is -4.46. The Morgan fingerprint density at radius 1 is 1.15 bits per heavy atom.